The molecule has 53 heavy (non-hydrogen) atoms. The van der Waals surface area contributed by atoms with E-state index >= 15 is 0 Å². The number of rotatable bonds is 17. The molecule has 0 spiro atoms. The molecule has 15 nitrogen and oxygen atoms in total. The summed E-state index contributed by atoms with van der Waals surface area (Å²) >= 11 is 6.04. The van der Waals surface area contributed by atoms with Crippen LogP contribution in [0.25, 0.3) is 11.0 Å². The van der Waals surface area contributed by atoms with E-state index in [4.69, 9.17) is 21.1 Å². The third kappa shape index (κ3) is 12.1. The van der Waals surface area contributed by atoms with Gasteiger partial charge in [0.05, 0.1) is 29.5 Å². The molecule has 1 aromatic heterocycles. The number of amides is 5. The van der Waals surface area contributed by atoms with Crippen LogP contribution in [0.1, 0.15) is 55.2 Å². The number of benzene rings is 2. The summed E-state index contributed by atoms with van der Waals surface area (Å²) in [5.41, 5.74) is 1.01. The number of carboxylic acid groups (broad SMARTS) is 1. The third-order valence-corrected chi connectivity index (χ3v) is 9.30. The minimum Gasteiger partial charge on any atom is -0.506 e. The number of aromatic hydroxyl groups is 1. The Bertz CT molecular complexity index is 1880. The van der Waals surface area contributed by atoms with E-state index in [1.807, 2.05) is 6.07 Å². The first-order valence-electron chi connectivity index (χ1n) is 17.4. The summed E-state index contributed by atoms with van der Waals surface area (Å²) in [5.74, 6) is -3.94. The summed E-state index contributed by atoms with van der Waals surface area (Å²) < 4.78 is 5.35. The van der Waals surface area contributed by atoms with E-state index in [0.29, 0.717) is 56.1 Å². The fourth-order valence-corrected chi connectivity index (χ4v) is 6.24. The van der Waals surface area contributed by atoms with E-state index in [-0.39, 0.29) is 65.4 Å². The van der Waals surface area contributed by atoms with Crippen molar-refractivity contribution in [2.24, 2.45) is 5.92 Å². The Labute approximate surface area is 310 Å². The van der Waals surface area contributed by atoms with Crippen LogP contribution in [0, 0.1) is 12.8 Å². The highest BCUT2D eigenvalue weighted by atomic mass is 35.5. The van der Waals surface area contributed by atoms with Crippen LogP contribution in [-0.4, -0.2) is 89.4 Å². The largest absolute Gasteiger partial charge is 0.506 e. The van der Waals surface area contributed by atoms with Crippen LogP contribution in [0.2, 0.25) is 5.02 Å². The van der Waals surface area contributed by atoms with Crippen LogP contribution in [0.5, 0.6) is 5.75 Å². The van der Waals surface area contributed by atoms with Gasteiger partial charge in [0.1, 0.15) is 23.9 Å². The number of likely N-dealkylation sites (tertiary alicyclic amines) is 1. The minimum atomic E-state index is -1.22. The molecule has 16 heteroatoms. The molecule has 2 aromatic carbocycles. The van der Waals surface area contributed by atoms with E-state index in [2.05, 4.69) is 21.3 Å². The van der Waals surface area contributed by atoms with Gasteiger partial charge in [-0.05, 0) is 49.8 Å². The second kappa shape index (κ2) is 19.4. The lowest BCUT2D eigenvalue weighted by molar-refractivity contribution is -0.138. The molecule has 2 atom stereocenters. The summed E-state index contributed by atoms with van der Waals surface area (Å²) in [6.45, 7) is 1.72. The highest BCUT2D eigenvalue weighted by molar-refractivity contribution is 6.32. The maximum Gasteiger partial charge on any atom is 0.340 e. The van der Waals surface area contributed by atoms with E-state index in [1.54, 1.807) is 36.1 Å². The van der Waals surface area contributed by atoms with Crippen LogP contribution < -0.4 is 26.9 Å². The van der Waals surface area contributed by atoms with Gasteiger partial charge < -0.3 is 40.8 Å². The van der Waals surface area contributed by atoms with Gasteiger partial charge in [0, 0.05) is 43.9 Å². The average molecular weight is 754 g/mol. The first kappa shape index (κ1) is 40.3. The van der Waals surface area contributed by atoms with Crippen LogP contribution in [0.15, 0.2) is 51.7 Å². The SMILES string of the molecule is Cc1c(CC(=O)N2CCC[C@@H](C(=O)NCCCCCC(=O)N[C@@H](Cc3ccccc3)C(=O)NCC(=O)NCC(=O)O)C2)c(=O)oc2cc(O)c(Cl)cc12. The smallest absolute Gasteiger partial charge is 0.340 e. The molecule has 0 bridgehead atoms. The fourth-order valence-electron chi connectivity index (χ4n) is 6.08. The van der Waals surface area contributed by atoms with E-state index in [9.17, 15) is 38.7 Å². The summed E-state index contributed by atoms with van der Waals surface area (Å²) in [6.07, 6.45) is 3.09. The van der Waals surface area contributed by atoms with Crippen molar-refractivity contribution in [2.45, 2.75) is 64.3 Å². The molecule has 4 rings (SSSR count). The van der Waals surface area contributed by atoms with Crippen molar-refractivity contribution in [3.63, 3.8) is 0 Å². The van der Waals surface area contributed by atoms with E-state index < -0.39 is 48.5 Å². The molecule has 2 heterocycles. The molecular weight excluding hydrogens is 710 g/mol. The molecule has 0 radical (unpaired) electrons. The number of unbranched alkanes of at least 4 members (excludes halogenated alkanes) is 2. The number of aliphatic carboxylic acids is 1. The van der Waals surface area contributed by atoms with E-state index in [0.717, 1.165) is 5.56 Å². The van der Waals surface area contributed by atoms with Crippen molar-refractivity contribution in [2.75, 3.05) is 32.7 Å². The number of nitrogens with one attached hydrogen (secondary N) is 4. The van der Waals surface area contributed by atoms with Crippen molar-refractivity contribution in [3.8, 4) is 5.75 Å². The summed E-state index contributed by atoms with van der Waals surface area (Å²) in [4.78, 5) is 88.6. The first-order chi connectivity index (χ1) is 25.3. The zero-order chi connectivity index (χ0) is 38.5. The second-order valence-electron chi connectivity index (χ2n) is 12.9. The number of hydrogen-bond acceptors (Lipinski definition) is 9. The Balaban J connectivity index is 1.19. The summed E-state index contributed by atoms with van der Waals surface area (Å²) in [6, 6.07) is 10.8. The quantitative estimate of drug-likeness (QED) is 0.0868. The van der Waals surface area contributed by atoms with Crippen LogP contribution in [0.3, 0.4) is 0 Å². The number of aryl methyl sites for hydroxylation is 1. The molecule has 1 fully saturated rings. The Morgan fingerprint density at radius 2 is 1.74 bits per heavy atom. The van der Waals surface area contributed by atoms with Crippen molar-refractivity contribution < 1.29 is 43.4 Å². The number of phenols is 1. The number of hydrogen-bond donors (Lipinski definition) is 6. The molecule has 284 valence electrons. The molecule has 1 aliphatic heterocycles. The number of carboxylic acids is 1. The number of phenolic OH excluding ortho intramolecular Hbond substituents is 1. The van der Waals surface area contributed by atoms with Crippen LogP contribution in [0.4, 0.5) is 0 Å². The molecule has 0 unspecified atom stereocenters. The molecule has 6 N–H and O–H groups in total. The predicted molar refractivity (Wildman–Crippen MR) is 194 cm³/mol. The average Bonchev–Trinajstić information content (AvgIpc) is 3.13. The summed E-state index contributed by atoms with van der Waals surface area (Å²) in [7, 11) is 0. The van der Waals surface area contributed by atoms with Gasteiger partial charge in [-0.1, -0.05) is 48.4 Å². The Morgan fingerprint density at radius 3 is 2.47 bits per heavy atom. The molecule has 1 aliphatic rings. The number of fused-ring (bicyclic) bond motifs is 1. The lowest BCUT2D eigenvalue weighted by Crippen LogP contribution is -2.50. The Hall–Kier alpha value is -5.44. The number of carbonyl (C=O) groups excluding carboxylic acids is 5. The zero-order valence-electron chi connectivity index (χ0n) is 29.4. The fraction of sp³-hybridized carbons (Fsp3) is 0.432. The molecule has 5 amide bonds. The minimum absolute atomic E-state index is 0.0926. The van der Waals surface area contributed by atoms with Gasteiger partial charge >= 0.3 is 11.6 Å². The molecule has 0 saturated carbocycles. The predicted octanol–water partition coefficient (Wildman–Crippen LogP) is 1.96. The van der Waals surface area contributed by atoms with Gasteiger partial charge in [0.15, 0.2) is 0 Å². The van der Waals surface area contributed by atoms with Gasteiger partial charge in [-0.15, -0.1) is 0 Å². The number of carbonyl (C=O) groups is 6. The maximum absolute atomic E-state index is 13.2. The number of piperidine rings is 1. The van der Waals surface area contributed by atoms with Crippen LogP contribution in [-0.2, 0) is 41.6 Å². The Kier molecular flexibility index (Phi) is 14.8. The second-order valence-corrected chi connectivity index (χ2v) is 13.4. The highest BCUT2D eigenvalue weighted by Gasteiger charge is 2.29. The number of nitrogens with zero attached hydrogens (tertiary/aromatic N) is 1. The number of halogens is 1. The van der Waals surface area contributed by atoms with Gasteiger partial charge in [0.25, 0.3) is 0 Å². The van der Waals surface area contributed by atoms with Crippen molar-refractivity contribution >= 4 is 58.1 Å². The molecule has 0 aliphatic carbocycles. The van der Waals surface area contributed by atoms with Crippen molar-refractivity contribution in [3.05, 3.63) is 74.6 Å². The summed E-state index contributed by atoms with van der Waals surface area (Å²) in [5, 5.41) is 29.4. The van der Waals surface area contributed by atoms with Gasteiger partial charge in [-0.25, -0.2) is 4.79 Å². The topological polar surface area (TPSA) is 224 Å². The van der Waals surface area contributed by atoms with Crippen molar-refractivity contribution in [1.29, 1.82) is 0 Å². The Morgan fingerprint density at radius 1 is 0.981 bits per heavy atom. The molecule has 1 saturated heterocycles. The van der Waals surface area contributed by atoms with Gasteiger partial charge in [0.2, 0.25) is 29.5 Å². The van der Waals surface area contributed by atoms with Crippen LogP contribution >= 0.6 is 11.6 Å². The third-order valence-electron chi connectivity index (χ3n) is 9.00. The lowest BCUT2D eigenvalue weighted by Gasteiger charge is -2.32. The van der Waals surface area contributed by atoms with Gasteiger partial charge in [-0.3, -0.25) is 28.8 Å². The normalized spacial score (nSPS) is 14.6. The lowest BCUT2D eigenvalue weighted by atomic mass is 9.96. The van der Waals surface area contributed by atoms with E-state index in [1.165, 1.54) is 12.1 Å². The molecule has 3 aromatic rings. The zero-order valence-corrected chi connectivity index (χ0v) is 30.1. The standard InChI is InChI=1S/C37H44ClN5O10/c1-22-25-16-27(38)29(44)18-30(25)53-37(52)26(22)17-33(47)43-14-8-11-24(21-43)35(50)39-13-7-3-6-12-31(45)42-28(15-23-9-4-2-5-10-23)36(51)41-19-32(46)40-20-34(48)49/h2,4-5,9-10,16,18,24,28,44H,3,6-8,11-15,17,19-21H2,1H3,(H,39,50)(H,40,46)(H,41,51)(H,42,45)(H,48,49)/t24-,28+/m1/s1. The first-order valence-corrected chi connectivity index (χ1v) is 17.8. The monoisotopic (exact) mass is 753 g/mol. The maximum atomic E-state index is 13.2. The van der Waals surface area contributed by atoms with Gasteiger partial charge in [-0.2, -0.15) is 0 Å². The molecular formula is C37H44ClN5O10. The highest BCUT2D eigenvalue weighted by Crippen LogP contribution is 2.31. The van der Waals surface area contributed by atoms with Crippen molar-refractivity contribution in [1.82, 2.24) is 26.2 Å².